The summed E-state index contributed by atoms with van der Waals surface area (Å²) in [4.78, 5) is 0. The lowest BCUT2D eigenvalue weighted by atomic mass is 10.1. The zero-order valence-electron chi connectivity index (χ0n) is 10.7. The van der Waals surface area contributed by atoms with E-state index in [0.29, 0.717) is 12.5 Å². The van der Waals surface area contributed by atoms with Crippen molar-refractivity contribution in [2.24, 2.45) is 0 Å². The number of rotatable bonds is 4. The van der Waals surface area contributed by atoms with Crippen LogP contribution in [0.4, 0.5) is 0 Å². The van der Waals surface area contributed by atoms with E-state index in [0.717, 1.165) is 11.3 Å². The van der Waals surface area contributed by atoms with E-state index in [1.54, 1.807) is 0 Å². The van der Waals surface area contributed by atoms with Gasteiger partial charge in [0.25, 0.3) is 0 Å². The van der Waals surface area contributed by atoms with Crippen LogP contribution < -0.4 is 4.74 Å². The summed E-state index contributed by atoms with van der Waals surface area (Å²) in [6.45, 7) is 4.80. The molecule has 0 heterocycles. The van der Waals surface area contributed by atoms with Crippen LogP contribution in [0.1, 0.15) is 22.3 Å². The maximum absolute atomic E-state index is 5.81. The van der Waals surface area contributed by atoms with E-state index < -0.39 is 0 Å². The van der Waals surface area contributed by atoms with Crippen molar-refractivity contribution < 1.29 is 4.74 Å². The molecule has 0 amide bonds. The van der Waals surface area contributed by atoms with Crippen molar-refractivity contribution in [1.82, 2.24) is 0 Å². The highest BCUT2D eigenvalue weighted by Gasteiger charge is 2.01. The molecule has 0 aliphatic heterocycles. The fraction of sp³-hybridized carbons (Fsp3) is 0.250. The van der Waals surface area contributed by atoms with Gasteiger partial charge in [-0.2, -0.15) is 0 Å². The second-order valence-electron chi connectivity index (χ2n) is 4.50. The number of alkyl halides is 1. The van der Waals surface area contributed by atoms with Gasteiger partial charge in [0.1, 0.15) is 12.4 Å². The number of halogens is 1. The first-order valence-electron chi connectivity index (χ1n) is 6.03. The second kappa shape index (κ2) is 5.92. The molecule has 2 heteroatoms. The maximum Gasteiger partial charge on any atom is 0.120 e. The lowest BCUT2D eigenvalue weighted by Crippen LogP contribution is -1.98. The van der Waals surface area contributed by atoms with Crippen molar-refractivity contribution >= 4 is 11.6 Å². The molecule has 0 aromatic heterocycles. The van der Waals surface area contributed by atoms with Crippen LogP contribution in [0.2, 0.25) is 0 Å². The number of hydrogen-bond acceptors (Lipinski definition) is 1. The maximum atomic E-state index is 5.81. The van der Waals surface area contributed by atoms with Gasteiger partial charge in [-0.05, 0) is 42.7 Å². The molecule has 18 heavy (non-hydrogen) atoms. The first kappa shape index (κ1) is 13.0. The van der Waals surface area contributed by atoms with E-state index in [1.165, 1.54) is 16.7 Å². The SMILES string of the molecule is Cc1ccc(C)c(COc2cccc(CCl)c2)c1. The average molecular weight is 261 g/mol. The van der Waals surface area contributed by atoms with Crippen molar-refractivity contribution in [1.29, 1.82) is 0 Å². The molecular weight excluding hydrogens is 244 g/mol. The summed E-state index contributed by atoms with van der Waals surface area (Å²) in [7, 11) is 0. The second-order valence-corrected chi connectivity index (χ2v) is 4.77. The molecule has 2 aromatic carbocycles. The zero-order valence-corrected chi connectivity index (χ0v) is 11.5. The van der Waals surface area contributed by atoms with Crippen molar-refractivity contribution in [3.05, 3.63) is 64.7 Å². The van der Waals surface area contributed by atoms with Crippen LogP contribution >= 0.6 is 11.6 Å². The Hall–Kier alpha value is -1.47. The molecule has 2 aromatic rings. The van der Waals surface area contributed by atoms with E-state index >= 15 is 0 Å². The first-order valence-corrected chi connectivity index (χ1v) is 6.56. The van der Waals surface area contributed by atoms with Crippen molar-refractivity contribution in [3.63, 3.8) is 0 Å². The minimum absolute atomic E-state index is 0.515. The number of hydrogen-bond donors (Lipinski definition) is 0. The van der Waals surface area contributed by atoms with Crippen LogP contribution in [-0.4, -0.2) is 0 Å². The van der Waals surface area contributed by atoms with Crippen LogP contribution in [0, 0.1) is 13.8 Å². The highest BCUT2D eigenvalue weighted by Crippen LogP contribution is 2.18. The van der Waals surface area contributed by atoms with E-state index in [1.807, 2.05) is 24.3 Å². The molecular formula is C16H17ClO. The molecule has 0 aliphatic rings. The molecule has 0 atom stereocenters. The fourth-order valence-corrected chi connectivity index (χ4v) is 2.00. The van der Waals surface area contributed by atoms with Gasteiger partial charge in [-0.1, -0.05) is 35.9 Å². The van der Waals surface area contributed by atoms with Gasteiger partial charge in [-0.3, -0.25) is 0 Å². The molecule has 0 spiro atoms. The highest BCUT2D eigenvalue weighted by atomic mass is 35.5. The smallest absolute Gasteiger partial charge is 0.120 e. The Kier molecular flexibility index (Phi) is 4.27. The number of ether oxygens (including phenoxy) is 1. The summed E-state index contributed by atoms with van der Waals surface area (Å²) in [5.41, 5.74) is 4.82. The molecule has 0 aliphatic carbocycles. The molecule has 0 unspecified atom stereocenters. The van der Waals surface area contributed by atoms with Gasteiger partial charge in [0.2, 0.25) is 0 Å². The average Bonchev–Trinajstić information content (AvgIpc) is 2.40. The van der Waals surface area contributed by atoms with Crippen LogP contribution in [0.5, 0.6) is 5.75 Å². The lowest BCUT2D eigenvalue weighted by molar-refractivity contribution is 0.305. The predicted molar refractivity (Wildman–Crippen MR) is 76.2 cm³/mol. The minimum Gasteiger partial charge on any atom is -0.489 e. The van der Waals surface area contributed by atoms with Crippen LogP contribution in [-0.2, 0) is 12.5 Å². The van der Waals surface area contributed by atoms with Gasteiger partial charge in [0, 0.05) is 5.88 Å². The normalized spacial score (nSPS) is 10.4. The third-order valence-corrected chi connectivity index (χ3v) is 3.26. The summed E-state index contributed by atoms with van der Waals surface area (Å²) in [5, 5.41) is 0. The molecule has 0 radical (unpaired) electrons. The Bertz CT molecular complexity index is 534. The van der Waals surface area contributed by atoms with Gasteiger partial charge in [0.05, 0.1) is 0 Å². The summed E-state index contributed by atoms with van der Waals surface area (Å²) in [5.74, 6) is 1.38. The lowest BCUT2D eigenvalue weighted by Gasteiger charge is -2.10. The van der Waals surface area contributed by atoms with E-state index in [-0.39, 0.29) is 0 Å². The molecule has 0 N–H and O–H groups in total. The Morgan fingerprint density at radius 1 is 1.06 bits per heavy atom. The molecule has 0 saturated carbocycles. The van der Waals surface area contributed by atoms with Crippen LogP contribution in [0.3, 0.4) is 0 Å². The molecule has 2 rings (SSSR count). The molecule has 94 valence electrons. The summed E-state index contributed by atoms with van der Waals surface area (Å²) >= 11 is 5.81. The van der Waals surface area contributed by atoms with Gasteiger partial charge in [0.15, 0.2) is 0 Å². The molecule has 0 bridgehead atoms. The number of benzene rings is 2. The van der Waals surface area contributed by atoms with Gasteiger partial charge < -0.3 is 4.74 Å². The van der Waals surface area contributed by atoms with Crippen molar-refractivity contribution in [3.8, 4) is 5.75 Å². The zero-order chi connectivity index (χ0) is 13.0. The topological polar surface area (TPSA) is 9.23 Å². The Morgan fingerprint density at radius 3 is 2.67 bits per heavy atom. The Balaban J connectivity index is 2.08. The summed E-state index contributed by atoms with van der Waals surface area (Å²) in [6.07, 6.45) is 0. The predicted octanol–water partition coefficient (Wildman–Crippen LogP) is 4.62. The van der Waals surface area contributed by atoms with Crippen LogP contribution in [0.25, 0.3) is 0 Å². The van der Waals surface area contributed by atoms with E-state index in [9.17, 15) is 0 Å². The van der Waals surface area contributed by atoms with E-state index in [4.69, 9.17) is 16.3 Å². The monoisotopic (exact) mass is 260 g/mol. The highest BCUT2D eigenvalue weighted by molar-refractivity contribution is 6.17. The fourth-order valence-electron chi connectivity index (χ4n) is 1.84. The van der Waals surface area contributed by atoms with Gasteiger partial charge in [-0.25, -0.2) is 0 Å². The van der Waals surface area contributed by atoms with Gasteiger partial charge >= 0.3 is 0 Å². The quantitative estimate of drug-likeness (QED) is 0.729. The standard InChI is InChI=1S/C16H17ClO/c1-12-6-7-13(2)15(8-12)11-18-16-5-3-4-14(9-16)10-17/h3-9H,10-11H2,1-2H3. The van der Waals surface area contributed by atoms with E-state index in [2.05, 4.69) is 32.0 Å². The molecule has 1 nitrogen and oxygen atoms in total. The third kappa shape index (κ3) is 3.27. The molecule has 0 fully saturated rings. The Morgan fingerprint density at radius 2 is 1.89 bits per heavy atom. The first-order chi connectivity index (χ1) is 8.69. The Labute approximate surface area is 113 Å². The van der Waals surface area contributed by atoms with Crippen molar-refractivity contribution in [2.75, 3.05) is 0 Å². The summed E-state index contributed by atoms with van der Waals surface area (Å²) in [6, 6.07) is 14.3. The number of aryl methyl sites for hydroxylation is 2. The van der Waals surface area contributed by atoms with Gasteiger partial charge in [-0.15, -0.1) is 11.6 Å². The third-order valence-electron chi connectivity index (χ3n) is 2.95. The molecule has 0 saturated heterocycles. The largest absolute Gasteiger partial charge is 0.489 e. The minimum atomic E-state index is 0.515. The summed E-state index contributed by atoms with van der Waals surface area (Å²) < 4.78 is 5.81. The van der Waals surface area contributed by atoms with Crippen molar-refractivity contribution in [2.45, 2.75) is 26.3 Å². The van der Waals surface area contributed by atoms with Crippen LogP contribution in [0.15, 0.2) is 42.5 Å².